The highest BCUT2D eigenvalue weighted by atomic mass is 16.4. The van der Waals surface area contributed by atoms with Crippen LogP contribution in [0.1, 0.15) is 34.1 Å². The van der Waals surface area contributed by atoms with Gasteiger partial charge in [-0.15, -0.1) is 0 Å². The predicted octanol–water partition coefficient (Wildman–Crippen LogP) is 1.71. The van der Waals surface area contributed by atoms with Crippen LogP contribution in [0.5, 0.6) is 0 Å². The molecular formula is C9H16O3. The van der Waals surface area contributed by atoms with Gasteiger partial charge in [-0.2, -0.15) is 0 Å². The maximum absolute atomic E-state index is 11.1. The van der Waals surface area contributed by atoms with Crippen molar-refractivity contribution in [2.75, 3.05) is 0 Å². The van der Waals surface area contributed by atoms with E-state index in [1.165, 1.54) is 0 Å². The standard InChI is InChI=1S/C9H16O3/c1-5-6(9(2,3)4)7(10)8(11)12/h6H,5H2,1-4H3,(H,11,12). The highest BCUT2D eigenvalue weighted by molar-refractivity contribution is 6.33. The Hall–Kier alpha value is -0.860. The topological polar surface area (TPSA) is 54.4 Å². The van der Waals surface area contributed by atoms with Crippen molar-refractivity contribution in [2.45, 2.75) is 34.1 Å². The minimum atomic E-state index is -1.32. The Morgan fingerprint density at radius 2 is 1.75 bits per heavy atom. The van der Waals surface area contributed by atoms with Crippen molar-refractivity contribution >= 4 is 11.8 Å². The molecule has 0 fully saturated rings. The average Bonchev–Trinajstić information content (AvgIpc) is 1.85. The second-order valence-electron chi connectivity index (χ2n) is 4.00. The Bertz CT molecular complexity index is 188. The second-order valence-corrected chi connectivity index (χ2v) is 4.00. The lowest BCUT2D eigenvalue weighted by atomic mass is 9.76. The van der Waals surface area contributed by atoms with Crippen LogP contribution < -0.4 is 0 Å². The number of Topliss-reactive ketones (excluding diaryl/α,β-unsaturated/α-hetero) is 1. The van der Waals surface area contributed by atoms with E-state index in [0.717, 1.165) is 0 Å². The van der Waals surface area contributed by atoms with Crippen LogP contribution in [-0.2, 0) is 9.59 Å². The van der Waals surface area contributed by atoms with E-state index in [1.54, 1.807) is 0 Å². The van der Waals surface area contributed by atoms with E-state index >= 15 is 0 Å². The van der Waals surface area contributed by atoms with Crippen molar-refractivity contribution in [2.24, 2.45) is 11.3 Å². The number of carbonyl (C=O) groups is 2. The lowest BCUT2D eigenvalue weighted by Gasteiger charge is -2.26. The van der Waals surface area contributed by atoms with E-state index in [9.17, 15) is 9.59 Å². The van der Waals surface area contributed by atoms with Gasteiger partial charge in [0, 0.05) is 5.92 Å². The summed E-state index contributed by atoms with van der Waals surface area (Å²) in [7, 11) is 0. The molecule has 0 aliphatic carbocycles. The quantitative estimate of drug-likeness (QED) is 0.659. The first kappa shape index (κ1) is 11.1. The molecule has 1 atom stereocenters. The molecule has 0 aliphatic rings. The molecule has 0 rings (SSSR count). The molecule has 12 heavy (non-hydrogen) atoms. The van der Waals surface area contributed by atoms with Crippen LogP contribution in [0, 0.1) is 11.3 Å². The highest BCUT2D eigenvalue weighted by Gasteiger charge is 2.33. The predicted molar refractivity (Wildman–Crippen MR) is 45.9 cm³/mol. The zero-order valence-electron chi connectivity index (χ0n) is 8.05. The number of ketones is 1. The summed E-state index contributed by atoms with van der Waals surface area (Å²) >= 11 is 0. The van der Waals surface area contributed by atoms with Gasteiger partial charge < -0.3 is 5.11 Å². The van der Waals surface area contributed by atoms with Gasteiger partial charge in [0.15, 0.2) is 0 Å². The fraction of sp³-hybridized carbons (Fsp3) is 0.778. The zero-order valence-corrected chi connectivity index (χ0v) is 8.05. The maximum Gasteiger partial charge on any atom is 0.372 e. The van der Waals surface area contributed by atoms with Gasteiger partial charge in [-0.1, -0.05) is 27.7 Å². The van der Waals surface area contributed by atoms with E-state index in [4.69, 9.17) is 5.11 Å². The molecule has 1 N–H and O–H groups in total. The molecule has 0 aromatic rings. The second kappa shape index (κ2) is 3.70. The molecule has 70 valence electrons. The van der Waals surface area contributed by atoms with Crippen molar-refractivity contribution < 1.29 is 14.7 Å². The third kappa shape index (κ3) is 2.64. The Kier molecular flexibility index (Phi) is 3.43. The fourth-order valence-electron chi connectivity index (χ4n) is 1.34. The lowest BCUT2D eigenvalue weighted by Crippen LogP contribution is -2.32. The molecule has 3 heteroatoms. The van der Waals surface area contributed by atoms with Crippen LogP contribution in [0.2, 0.25) is 0 Å². The van der Waals surface area contributed by atoms with Gasteiger partial charge in [0.2, 0.25) is 5.78 Å². The molecular weight excluding hydrogens is 156 g/mol. The molecule has 0 heterocycles. The molecule has 0 spiro atoms. The average molecular weight is 172 g/mol. The highest BCUT2D eigenvalue weighted by Crippen LogP contribution is 2.29. The summed E-state index contributed by atoms with van der Waals surface area (Å²) in [6.07, 6.45) is 0.578. The molecule has 1 unspecified atom stereocenters. The molecule has 0 saturated carbocycles. The lowest BCUT2D eigenvalue weighted by molar-refractivity contribution is -0.152. The van der Waals surface area contributed by atoms with Crippen molar-refractivity contribution in [3.8, 4) is 0 Å². The zero-order chi connectivity index (χ0) is 9.94. The molecule has 3 nitrogen and oxygen atoms in total. The van der Waals surface area contributed by atoms with Crippen LogP contribution >= 0.6 is 0 Å². The fourth-order valence-corrected chi connectivity index (χ4v) is 1.34. The van der Waals surface area contributed by atoms with E-state index in [0.29, 0.717) is 6.42 Å². The Labute approximate surface area is 72.8 Å². The van der Waals surface area contributed by atoms with Crippen LogP contribution in [0.3, 0.4) is 0 Å². The summed E-state index contributed by atoms with van der Waals surface area (Å²) in [6, 6.07) is 0. The first-order valence-corrected chi connectivity index (χ1v) is 4.07. The van der Waals surface area contributed by atoms with E-state index in [2.05, 4.69) is 0 Å². The molecule has 0 aromatic carbocycles. The van der Waals surface area contributed by atoms with Gasteiger partial charge >= 0.3 is 5.97 Å². The number of rotatable bonds is 3. The van der Waals surface area contributed by atoms with Crippen molar-refractivity contribution in [3.05, 3.63) is 0 Å². The molecule has 0 aliphatic heterocycles. The minimum Gasteiger partial charge on any atom is -0.475 e. The summed E-state index contributed by atoms with van der Waals surface area (Å²) < 4.78 is 0. The summed E-state index contributed by atoms with van der Waals surface area (Å²) in [5.41, 5.74) is -0.260. The van der Waals surface area contributed by atoms with Gasteiger partial charge in [-0.05, 0) is 11.8 Å². The largest absolute Gasteiger partial charge is 0.475 e. The van der Waals surface area contributed by atoms with Crippen LogP contribution in [0.25, 0.3) is 0 Å². The van der Waals surface area contributed by atoms with Crippen molar-refractivity contribution in [1.29, 1.82) is 0 Å². The number of carbonyl (C=O) groups excluding carboxylic acids is 1. The SMILES string of the molecule is CCC(C(=O)C(=O)O)C(C)(C)C. The number of hydrogen-bond acceptors (Lipinski definition) is 2. The van der Waals surface area contributed by atoms with Crippen LogP contribution in [-0.4, -0.2) is 16.9 Å². The Morgan fingerprint density at radius 1 is 1.33 bits per heavy atom. The smallest absolute Gasteiger partial charge is 0.372 e. The molecule has 0 aromatic heterocycles. The minimum absolute atomic E-state index is 0.260. The van der Waals surface area contributed by atoms with Crippen molar-refractivity contribution in [1.82, 2.24) is 0 Å². The molecule has 0 saturated heterocycles. The Balaban J connectivity index is 4.58. The van der Waals surface area contributed by atoms with Gasteiger partial charge in [0.1, 0.15) is 0 Å². The van der Waals surface area contributed by atoms with E-state index < -0.39 is 11.8 Å². The first-order chi connectivity index (χ1) is 5.30. The van der Waals surface area contributed by atoms with Gasteiger partial charge in [-0.3, -0.25) is 4.79 Å². The first-order valence-electron chi connectivity index (χ1n) is 4.07. The van der Waals surface area contributed by atoms with Crippen molar-refractivity contribution in [3.63, 3.8) is 0 Å². The van der Waals surface area contributed by atoms with Gasteiger partial charge in [0.25, 0.3) is 0 Å². The van der Waals surface area contributed by atoms with Crippen LogP contribution in [0.15, 0.2) is 0 Å². The molecule has 0 radical (unpaired) electrons. The third-order valence-corrected chi connectivity index (χ3v) is 1.98. The summed E-state index contributed by atoms with van der Waals surface area (Å²) in [6.45, 7) is 7.46. The normalized spacial score (nSPS) is 14.0. The summed E-state index contributed by atoms with van der Waals surface area (Å²) in [5, 5.41) is 8.50. The number of hydrogen-bond donors (Lipinski definition) is 1. The maximum atomic E-state index is 11.1. The number of aliphatic carboxylic acids is 1. The van der Waals surface area contributed by atoms with Crippen LogP contribution in [0.4, 0.5) is 0 Å². The third-order valence-electron chi connectivity index (χ3n) is 1.98. The van der Waals surface area contributed by atoms with Gasteiger partial charge in [-0.25, -0.2) is 4.79 Å². The summed E-state index contributed by atoms with van der Waals surface area (Å²) in [5.74, 6) is -2.38. The Morgan fingerprint density at radius 3 is 1.83 bits per heavy atom. The monoisotopic (exact) mass is 172 g/mol. The molecule has 0 bridgehead atoms. The van der Waals surface area contributed by atoms with Gasteiger partial charge in [0.05, 0.1) is 0 Å². The summed E-state index contributed by atoms with van der Waals surface area (Å²) in [4.78, 5) is 21.5. The van der Waals surface area contributed by atoms with E-state index in [-0.39, 0.29) is 11.3 Å². The number of carboxylic acid groups (broad SMARTS) is 1. The molecule has 0 amide bonds. The van der Waals surface area contributed by atoms with E-state index in [1.807, 2.05) is 27.7 Å². The number of carboxylic acids is 1.